The zero-order valence-corrected chi connectivity index (χ0v) is 15.0. The van der Waals surface area contributed by atoms with E-state index in [-0.39, 0.29) is 17.1 Å². The molecule has 0 aliphatic carbocycles. The van der Waals surface area contributed by atoms with Crippen LogP contribution in [0.25, 0.3) is 6.08 Å². The second-order valence-corrected chi connectivity index (χ2v) is 6.52. The Bertz CT molecular complexity index is 739. The first-order chi connectivity index (χ1) is 10.0. The summed E-state index contributed by atoms with van der Waals surface area (Å²) in [5, 5.41) is 19.0. The number of ketones is 1. The Morgan fingerprint density at radius 1 is 1.14 bits per heavy atom. The van der Waals surface area contributed by atoms with Gasteiger partial charge in [-0.2, -0.15) is 5.26 Å². The number of nitrogens with zero attached hydrogens (tertiary/aromatic N) is 1. The number of carbonyl (C=O) groups is 1. The van der Waals surface area contributed by atoms with E-state index in [0.717, 1.165) is 0 Å². The van der Waals surface area contributed by atoms with Crippen LogP contribution in [0.5, 0.6) is 5.75 Å². The highest BCUT2D eigenvalue weighted by Gasteiger charge is 2.12. The van der Waals surface area contributed by atoms with E-state index in [2.05, 4.69) is 0 Å². The van der Waals surface area contributed by atoms with Crippen LogP contribution < -0.4 is 0 Å². The first-order valence-electron chi connectivity index (χ1n) is 5.92. The molecule has 21 heavy (non-hydrogen) atoms. The van der Waals surface area contributed by atoms with Gasteiger partial charge in [-0.25, -0.2) is 0 Å². The Hall–Kier alpha value is -1.40. The van der Waals surface area contributed by atoms with Gasteiger partial charge in [0.05, 0.1) is 7.14 Å². The third-order valence-electron chi connectivity index (χ3n) is 2.75. The number of nitriles is 1. The number of rotatable bonds is 3. The molecular formula is C16H9I2NO2. The molecule has 0 saturated heterocycles. The Morgan fingerprint density at radius 2 is 1.71 bits per heavy atom. The minimum Gasteiger partial charge on any atom is -0.506 e. The molecule has 104 valence electrons. The summed E-state index contributed by atoms with van der Waals surface area (Å²) in [7, 11) is 0. The fourth-order valence-corrected chi connectivity index (χ4v) is 3.55. The first-order valence-corrected chi connectivity index (χ1v) is 8.08. The lowest BCUT2D eigenvalue weighted by molar-refractivity contribution is 0.104. The Kier molecular flexibility index (Phi) is 5.36. The summed E-state index contributed by atoms with van der Waals surface area (Å²) in [4.78, 5) is 12.3. The molecule has 0 unspecified atom stereocenters. The molecule has 0 heterocycles. The van der Waals surface area contributed by atoms with Crippen LogP contribution in [0.15, 0.2) is 48.0 Å². The lowest BCUT2D eigenvalue weighted by Crippen LogP contribution is -2.01. The third-order valence-corrected chi connectivity index (χ3v) is 4.40. The highest BCUT2D eigenvalue weighted by molar-refractivity contribution is 14.1. The molecule has 0 radical (unpaired) electrons. The van der Waals surface area contributed by atoms with Gasteiger partial charge in [0.15, 0.2) is 0 Å². The van der Waals surface area contributed by atoms with Crippen LogP contribution in [-0.2, 0) is 0 Å². The van der Waals surface area contributed by atoms with Crippen molar-refractivity contribution in [2.24, 2.45) is 0 Å². The third kappa shape index (κ3) is 3.83. The summed E-state index contributed by atoms with van der Waals surface area (Å²) >= 11 is 4.02. The van der Waals surface area contributed by atoms with Gasteiger partial charge in [-0.15, -0.1) is 0 Å². The lowest BCUT2D eigenvalue weighted by atomic mass is 10.0. The smallest absolute Gasteiger partial charge is 0.203 e. The molecule has 0 atom stereocenters. The maximum absolute atomic E-state index is 12.3. The average molecular weight is 501 g/mol. The highest BCUT2D eigenvalue weighted by Crippen LogP contribution is 2.28. The van der Waals surface area contributed by atoms with Crippen LogP contribution in [0.1, 0.15) is 15.9 Å². The molecule has 5 heteroatoms. The molecule has 0 fully saturated rings. The molecule has 0 aromatic heterocycles. The molecule has 0 spiro atoms. The van der Waals surface area contributed by atoms with Crippen molar-refractivity contribution < 1.29 is 9.90 Å². The fraction of sp³-hybridized carbons (Fsp3) is 0. The molecule has 3 nitrogen and oxygen atoms in total. The summed E-state index contributed by atoms with van der Waals surface area (Å²) < 4.78 is 1.35. The van der Waals surface area contributed by atoms with Crippen molar-refractivity contribution in [3.63, 3.8) is 0 Å². The predicted octanol–water partition coefficient (Wildman–Crippen LogP) is 4.39. The summed E-state index contributed by atoms with van der Waals surface area (Å²) in [5.74, 6) is -0.0996. The Balaban J connectivity index is 2.43. The topological polar surface area (TPSA) is 61.1 Å². The van der Waals surface area contributed by atoms with Crippen molar-refractivity contribution >= 4 is 57.0 Å². The van der Waals surface area contributed by atoms with Crippen LogP contribution in [0.4, 0.5) is 0 Å². The van der Waals surface area contributed by atoms with E-state index in [4.69, 9.17) is 0 Å². The van der Waals surface area contributed by atoms with Crippen LogP contribution in [0.3, 0.4) is 0 Å². The minimum atomic E-state index is -0.309. The van der Waals surface area contributed by atoms with Crippen LogP contribution >= 0.6 is 45.2 Å². The van der Waals surface area contributed by atoms with E-state index in [1.165, 1.54) is 0 Å². The number of aromatic hydroxyl groups is 1. The normalized spacial score (nSPS) is 11.0. The zero-order chi connectivity index (χ0) is 15.4. The van der Waals surface area contributed by atoms with Crippen molar-refractivity contribution in [3.05, 3.63) is 66.3 Å². The molecule has 0 aliphatic heterocycles. The standard InChI is InChI=1S/C16H9I2NO2/c17-13-7-10(8-14(18)16(13)21)6-12(9-19)15(20)11-4-2-1-3-5-11/h1-8,21H/b12-6+. The molecule has 0 amide bonds. The number of phenolic OH excluding ortho intramolecular Hbond substituents is 1. The van der Waals surface area contributed by atoms with Gasteiger partial charge < -0.3 is 5.11 Å². The first kappa shape index (κ1) is 16.0. The van der Waals surface area contributed by atoms with E-state index in [1.807, 2.05) is 57.3 Å². The second kappa shape index (κ2) is 7.04. The number of hydrogen-bond donors (Lipinski definition) is 1. The molecule has 1 N–H and O–H groups in total. The van der Waals surface area contributed by atoms with Gasteiger partial charge in [-0.05, 0) is 69.0 Å². The number of allylic oxidation sites excluding steroid dienone is 1. The molecule has 2 aromatic carbocycles. The monoisotopic (exact) mass is 501 g/mol. The van der Waals surface area contributed by atoms with E-state index in [1.54, 1.807) is 42.5 Å². The molecule has 2 rings (SSSR count). The Morgan fingerprint density at radius 3 is 2.24 bits per heavy atom. The molecule has 0 saturated carbocycles. The summed E-state index contributed by atoms with van der Waals surface area (Å²) in [6.07, 6.45) is 1.54. The summed E-state index contributed by atoms with van der Waals surface area (Å²) in [6.45, 7) is 0. The largest absolute Gasteiger partial charge is 0.506 e. The number of carbonyl (C=O) groups excluding carboxylic acids is 1. The average Bonchev–Trinajstić information content (AvgIpc) is 2.50. The van der Waals surface area contributed by atoms with E-state index in [0.29, 0.717) is 18.3 Å². The van der Waals surface area contributed by atoms with Gasteiger partial charge in [0, 0.05) is 5.56 Å². The van der Waals surface area contributed by atoms with Gasteiger partial charge in [-0.1, -0.05) is 30.3 Å². The van der Waals surface area contributed by atoms with Crippen molar-refractivity contribution in [3.8, 4) is 11.8 Å². The SMILES string of the molecule is N#C/C(=C\c1cc(I)c(O)c(I)c1)C(=O)c1ccccc1. The van der Waals surface area contributed by atoms with Crippen LogP contribution in [-0.4, -0.2) is 10.9 Å². The summed E-state index contributed by atoms with van der Waals surface area (Å²) in [6, 6.07) is 14.1. The second-order valence-electron chi connectivity index (χ2n) is 4.20. The summed E-state index contributed by atoms with van der Waals surface area (Å²) in [5.41, 5.74) is 1.26. The number of hydrogen-bond acceptors (Lipinski definition) is 3. The van der Waals surface area contributed by atoms with Crippen molar-refractivity contribution in [1.82, 2.24) is 0 Å². The lowest BCUT2D eigenvalue weighted by Gasteiger charge is -2.04. The highest BCUT2D eigenvalue weighted by atomic mass is 127. The predicted molar refractivity (Wildman–Crippen MR) is 97.9 cm³/mol. The number of halogens is 2. The van der Waals surface area contributed by atoms with Crippen molar-refractivity contribution in [1.29, 1.82) is 5.26 Å². The van der Waals surface area contributed by atoms with Gasteiger partial charge >= 0.3 is 0 Å². The van der Waals surface area contributed by atoms with E-state index in [9.17, 15) is 15.2 Å². The van der Waals surface area contributed by atoms with E-state index >= 15 is 0 Å². The molecule has 0 aliphatic rings. The number of phenols is 1. The number of Topliss-reactive ketones (excluding diaryl/α,β-unsaturated/α-hetero) is 1. The molecule has 2 aromatic rings. The van der Waals surface area contributed by atoms with Gasteiger partial charge in [-0.3, -0.25) is 4.79 Å². The zero-order valence-electron chi connectivity index (χ0n) is 10.7. The maximum atomic E-state index is 12.3. The van der Waals surface area contributed by atoms with E-state index < -0.39 is 0 Å². The quantitative estimate of drug-likeness (QED) is 0.294. The Labute approximate surface area is 149 Å². The van der Waals surface area contributed by atoms with Crippen LogP contribution in [0, 0.1) is 18.5 Å². The van der Waals surface area contributed by atoms with Crippen LogP contribution in [0.2, 0.25) is 0 Å². The van der Waals surface area contributed by atoms with Crippen molar-refractivity contribution in [2.45, 2.75) is 0 Å². The minimum absolute atomic E-state index is 0.0680. The van der Waals surface area contributed by atoms with Crippen molar-refractivity contribution in [2.75, 3.05) is 0 Å². The van der Waals surface area contributed by atoms with Gasteiger partial charge in [0.2, 0.25) is 5.78 Å². The molecule has 0 bridgehead atoms. The van der Waals surface area contributed by atoms with Gasteiger partial charge in [0.25, 0.3) is 0 Å². The molecular weight excluding hydrogens is 492 g/mol. The maximum Gasteiger partial charge on any atom is 0.203 e. The number of benzene rings is 2. The van der Waals surface area contributed by atoms with Gasteiger partial charge in [0.1, 0.15) is 17.4 Å². The fourth-order valence-electron chi connectivity index (χ4n) is 1.73.